The third-order valence-electron chi connectivity index (χ3n) is 2.98. The van der Waals surface area contributed by atoms with Gasteiger partial charge in [0.1, 0.15) is 18.2 Å². The predicted octanol–water partition coefficient (Wildman–Crippen LogP) is 3.12. The van der Waals surface area contributed by atoms with Gasteiger partial charge in [0.05, 0.1) is 5.02 Å². The summed E-state index contributed by atoms with van der Waals surface area (Å²) in [6.45, 7) is 3.95. The molecule has 1 aliphatic carbocycles. The van der Waals surface area contributed by atoms with Gasteiger partial charge in [-0.15, -0.1) is 0 Å². The van der Waals surface area contributed by atoms with E-state index in [1.54, 1.807) is 12.1 Å². The number of ether oxygens (including phenoxy) is 1. The summed E-state index contributed by atoms with van der Waals surface area (Å²) in [4.78, 5) is 0. The molecule has 1 saturated carbocycles. The van der Waals surface area contributed by atoms with Gasteiger partial charge in [0, 0.05) is 17.5 Å². The fourth-order valence-electron chi connectivity index (χ4n) is 2.00. The lowest BCUT2D eigenvalue weighted by Crippen LogP contribution is -2.11. The van der Waals surface area contributed by atoms with Crippen molar-refractivity contribution in [3.63, 3.8) is 0 Å². The molecule has 17 heavy (non-hydrogen) atoms. The van der Waals surface area contributed by atoms with E-state index in [1.807, 2.05) is 7.05 Å². The van der Waals surface area contributed by atoms with Gasteiger partial charge in [-0.1, -0.05) is 24.3 Å². The van der Waals surface area contributed by atoms with Crippen molar-refractivity contribution in [1.29, 1.82) is 0 Å². The van der Waals surface area contributed by atoms with Gasteiger partial charge in [0.2, 0.25) is 0 Å². The van der Waals surface area contributed by atoms with Gasteiger partial charge in [-0.2, -0.15) is 0 Å². The summed E-state index contributed by atoms with van der Waals surface area (Å²) >= 11 is 5.81. The van der Waals surface area contributed by atoms with E-state index in [0.29, 0.717) is 24.0 Å². The molecule has 92 valence electrons. The zero-order valence-electron chi connectivity index (χ0n) is 9.67. The SMILES string of the molecule is C=CCOc1ccc(Cl)c(F)c1C1CC1NC. The second-order valence-corrected chi connectivity index (χ2v) is 4.52. The highest BCUT2D eigenvalue weighted by Gasteiger charge is 2.41. The lowest BCUT2D eigenvalue weighted by atomic mass is 10.1. The molecule has 0 aromatic heterocycles. The van der Waals surface area contributed by atoms with Crippen LogP contribution in [0.5, 0.6) is 5.75 Å². The molecular formula is C13H15ClFNO. The van der Waals surface area contributed by atoms with Crippen molar-refractivity contribution >= 4 is 11.6 Å². The van der Waals surface area contributed by atoms with E-state index in [-0.39, 0.29) is 16.8 Å². The van der Waals surface area contributed by atoms with Crippen LogP contribution in [0.1, 0.15) is 17.9 Å². The van der Waals surface area contributed by atoms with E-state index < -0.39 is 0 Å². The van der Waals surface area contributed by atoms with Crippen LogP contribution in [0.25, 0.3) is 0 Å². The van der Waals surface area contributed by atoms with Gasteiger partial charge in [-0.05, 0) is 25.6 Å². The molecule has 0 spiro atoms. The first-order valence-corrected chi connectivity index (χ1v) is 5.95. The second kappa shape index (κ2) is 5.07. The summed E-state index contributed by atoms with van der Waals surface area (Å²) in [6.07, 6.45) is 2.55. The largest absolute Gasteiger partial charge is 0.489 e. The zero-order valence-corrected chi connectivity index (χ0v) is 10.4. The van der Waals surface area contributed by atoms with Crippen LogP contribution in [-0.2, 0) is 0 Å². The standard InChI is InChI=1S/C13H15ClFNO/c1-3-6-17-11-5-4-9(14)13(15)12(11)8-7-10(8)16-2/h3-5,8,10,16H,1,6-7H2,2H3. The van der Waals surface area contributed by atoms with Crippen molar-refractivity contribution in [1.82, 2.24) is 5.32 Å². The maximum absolute atomic E-state index is 14.0. The van der Waals surface area contributed by atoms with Crippen LogP contribution in [0.4, 0.5) is 4.39 Å². The summed E-state index contributed by atoms with van der Waals surface area (Å²) in [5.74, 6) is 0.351. The quantitative estimate of drug-likeness (QED) is 0.817. The molecule has 1 aromatic rings. The van der Waals surface area contributed by atoms with Crippen molar-refractivity contribution in [3.05, 3.63) is 41.2 Å². The van der Waals surface area contributed by atoms with Crippen LogP contribution >= 0.6 is 11.6 Å². The molecule has 1 aromatic carbocycles. The molecule has 0 aliphatic heterocycles. The zero-order chi connectivity index (χ0) is 12.4. The Balaban J connectivity index is 2.32. The van der Waals surface area contributed by atoms with Crippen LogP contribution in [0.2, 0.25) is 5.02 Å². The minimum Gasteiger partial charge on any atom is -0.489 e. The van der Waals surface area contributed by atoms with Crippen molar-refractivity contribution in [2.75, 3.05) is 13.7 Å². The molecule has 2 nitrogen and oxygen atoms in total. The molecule has 2 unspecified atom stereocenters. The third-order valence-corrected chi connectivity index (χ3v) is 3.27. The van der Waals surface area contributed by atoms with E-state index in [0.717, 1.165) is 6.42 Å². The lowest BCUT2D eigenvalue weighted by molar-refractivity contribution is 0.355. The van der Waals surface area contributed by atoms with E-state index in [4.69, 9.17) is 16.3 Å². The van der Waals surface area contributed by atoms with Crippen LogP contribution in [0, 0.1) is 5.82 Å². The number of hydrogen-bond acceptors (Lipinski definition) is 2. The normalized spacial score (nSPS) is 22.3. The maximum Gasteiger partial charge on any atom is 0.149 e. The predicted molar refractivity (Wildman–Crippen MR) is 67.3 cm³/mol. The van der Waals surface area contributed by atoms with Crippen LogP contribution in [0.15, 0.2) is 24.8 Å². The minimum absolute atomic E-state index is 0.146. The summed E-state index contributed by atoms with van der Waals surface area (Å²) < 4.78 is 19.5. The Morgan fingerprint density at radius 3 is 3.00 bits per heavy atom. The monoisotopic (exact) mass is 255 g/mol. The van der Waals surface area contributed by atoms with Gasteiger partial charge in [-0.3, -0.25) is 0 Å². The highest BCUT2D eigenvalue weighted by atomic mass is 35.5. The molecule has 0 amide bonds. The highest BCUT2D eigenvalue weighted by molar-refractivity contribution is 6.30. The number of halogens is 2. The van der Waals surface area contributed by atoms with Crippen molar-refractivity contribution < 1.29 is 9.13 Å². The molecular weight excluding hydrogens is 241 g/mol. The summed E-state index contributed by atoms with van der Waals surface area (Å²) in [5, 5.41) is 3.28. The van der Waals surface area contributed by atoms with E-state index in [1.165, 1.54) is 6.07 Å². The fraction of sp³-hybridized carbons (Fsp3) is 0.385. The average molecular weight is 256 g/mol. The van der Waals surface area contributed by atoms with Gasteiger partial charge in [-0.25, -0.2) is 4.39 Å². The second-order valence-electron chi connectivity index (χ2n) is 4.11. The Bertz CT molecular complexity index is 436. The van der Waals surface area contributed by atoms with Gasteiger partial charge in [0.15, 0.2) is 0 Å². The smallest absolute Gasteiger partial charge is 0.149 e. The van der Waals surface area contributed by atoms with Gasteiger partial charge < -0.3 is 10.1 Å². The average Bonchev–Trinajstić information content (AvgIpc) is 3.09. The molecule has 0 radical (unpaired) electrons. The molecule has 0 saturated heterocycles. The molecule has 1 N–H and O–H groups in total. The van der Waals surface area contributed by atoms with Crippen molar-refractivity contribution in [3.8, 4) is 5.75 Å². The van der Waals surface area contributed by atoms with Gasteiger partial charge >= 0.3 is 0 Å². The Morgan fingerprint density at radius 1 is 1.65 bits per heavy atom. The lowest BCUT2D eigenvalue weighted by Gasteiger charge is -2.12. The first kappa shape index (κ1) is 12.4. The maximum atomic E-state index is 14.0. The third kappa shape index (κ3) is 2.45. The summed E-state index contributed by atoms with van der Waals surface area (Å²) in [6, 6.07) is 3.55. The van der Waals surface area contributed by atoms with Crippen molar-refractivity contribution in [2.45, 2.75) is 18.4 Å². The number of likely N-dealkylation sites (N-methyl/N-ethyl adjacent to an activating group) is 1. The van der Waals surface area contributed by atoms with Crippen molar-refractivity contribution in [2.24, 2.45) is 0 Å². The summed E-state index contributed by atoms with van der Waals surface area (Å²) in [7, 11) is 1.87. The first-order chi connectivity index (χ1) is 8.19. The molecule has 0 heterocycles. The molecule has 1 aliphatic rings. The fourth-order valence-corrected chi connectivity index (χ4v) is 2.17. The number of hydrogen-bond donors (Lipinski definition) is 1. The first-order valence-electron chi connectivity index (χ1n) is 5.58. The topological polar surface area (TPSA) is 21.3 Å². The molecule has 4 heteroatoms. The molecule has 0 bridgehead atoms. The number of nitrogens with one attached hydrogen (secondary N) is 1. The highest BCUT2D eigenvalue weighted by Crippen LogP contribution is 2.47. The Hall–Kier alpha value is -1.06. The van der Waals surface area contributed by atoms with E-state index >= 15 is 0 Å². The van der Waals surface area contributed by atoms with E-state index in [2.05, 4.69) is 11.9 Å². The number of benzene rings is 1. The molecule has 2 rings (SSSR count). The molecule has 1 fully saturated rings. The Morgan fingerprint density at radius 2 is 2.41 bits per heavy atom. The Kier molecular flexibility index (Phi) is 3.69. The van der Waals surface area contributed by atoms with E-state index in [9.17, 15) is 4.39 Å². The number of rotatable bonds is 5. The van der Waals surface area contributed by atoms with Crippen LogP contribution in [0.3, 0.4) is 0 Å². The van der Waals surface area contributed by atoms with Gasteiger partial charge in [0.25, 0.3) is 0 Å². The van der Waals surface area contributed by atoms with Crippen LogP contribution < -0.4 is 10.1 Å². The Labute approximate surface area is 105 Å². The summed E-state index contributed by atoms with van der Waals surface area (Å²) in [5.41, 5.74) is 0.582. The minimum atomic E-state index is -0.365. The molecule has 2 atom stereocenters. The van der Waals surface area contributed by atoms with Crippen LogP contribution in [-0.4, -0.2) is 19.7 Å².